The van der Waals surface area contributed by atoms with E-state index in [9.17, 15) is 13.6 Å². The Kier molecular flexibility index (Phi) is 4.07. The van der Waals surface area contributed by atoms with Crippen LogP contribution in [0.2, 0.25) is 0 Å². The zero-order chi connectivity index (χ0) is 14.7. The number of nitrogens with zero attached hydrogens (tertiary/aromatic N) is 2. The largest absolute Gasteiger partial charge is 0.481 e. The molecule has 2 aromatic rings. The van der Waals surface area contributed by atoms with Crippen LogP contribution in [0.4, 0.5) is 8.78 Å². The molecule has 0 radical (unpaired) electrons. The summed E-state index contributed by atoms with van der Waals surface area (Å²) in [6, 6.07) is 3.27. The number of aromatic nitrogens is 2. The van der Waals surface area contributed by atoms with E-state index < -0.39 is 17.6 Å². The third kappa shape index (κ3) is 3.37. The molecule has 2 rings (SSSR count). The van der Waals surface area contributed by atoms with Crippen LogP contribution >= 0.6 is 0 Å². The number of rotatable bonds is 5. The molecule has 1 heterocycles. The predicted octanol–water partition coefficient (Wildman–Crippen LogP) is 2.67. The molecule has 0 aliphatic heterocycles. The number of carboxylic acid groups (broad SMARTS) is 1. The normalized spacial score (nSPS) is 12.3. The molecule has 0 amide bonds. The van der Waals surface area contributed by atoms with Gasteiger partial charge >= 0.3 is 5.97 Å². The summed E-state index contributed by atoms with van der Waals surface area (Å²) < 4.78 is 31.2. The summed E-state index contributed by atoms with van der Waals surface area (Å²) in [6.45, 7) is 1.75. The minimum atomic E-state index is -0.999. The van der Waals surface area contributed by atoms with Crippen LogP contribution in [0.25, 0.3) is 11.5 Å². The number of hydrogen-bond donors (Lipinski definition) is 1. The van der Waals surface area contributed by atoms with Gasteiger partial charge in [0, 0.05) is 18.4 Å². The Morgan fingerprint density at radius 3 is 2.75 bits per heavy atom. The van der Waals surface area contributed by atoms with Gasteiger partial charge in [-0.1, -0.05) is 6.92 Å². The second-order valence-corrected chi connectivity index (χ2v) is 4.54. The molecular weight excluding hydrogens is 270 g/mol. The van der Waals surface area contributed by atoms with Crippen molar-refractivity contribution >= 4 is 5.97 Å². The molecule has 106 valence electrons. The zero-order valence-electron chi connectivity index (χ0n) is 10.6. The summed E-state index contributed by atoms with van der Waals surface area (Å²) >= 11 is 0. The van der Waals surface area contributed by atoms with E-state index in [0.717, 1.165) is 12.1 Å². The SMILES string of the molecule is CC(CC(=O)O)Cc1nnc(-c2ccc(F)c(F)c2)o1. The predicted molar refractivity (Wildman–Crippen MR) is 64.8 cm³/mol. The lowest BCUT2D eigenvalue weighted by Crippen LogP contribution is -2.07. The van der Waals surface area contributed by atoms with Crippen LogP contribution in [0.3, 0.4) is 0 Å². The molecule has 7 heteroatoms. The van der Waals surface area contributed by atoms with Crippen molar-refractivity contribution in [3.63, 3.8) is 0 Å². The molecule has 1 atom stereocenters. The molecule has 0 saturated carbocycles. The third-order valence-electron chi connectivity index (χ3n) is 2.68. The van der Waals surface area contributed by atoms with Crippen molar-refractivity contribution in [1.29, 1.82) is 0 Å². The van der Waals surface area contributed by atoms with E-state index in [1.807, 2.05) is 0 Å². The fourth-order valence-electron chi connectivity index (χ4n) is 1.75. The second-order valence-electron chi connectivity index (χ2n) is 4.54. The molecule has 0 aliphatic rings. The van der Waals surface area contributed by atoms with Crippen molar-refractivity contribution < 1.29 is 23.1 Å². The van der Waals surface area contributed by atoms with Crippen LogP contribution in [0, 0.1) is 17.6 Å². The Morgan fingerprint density at radius 2 is 2.10 bits per heavy atom. The number of aliphatic carboxylic acids is 1. The molecule has 1 aromatic carbocycles. The Balaban J connectivity index is 2.12. The monoisotopic (exact) mass is 282 g/mol. The molecule has 0 bridgehead atoms. The quantitative estimate of drug-likeness (QED) is 0.912. The van der Waals surface area contributed by atoms with Crippen LogP contribution in [-0.4, -0.2) is 21.3 Å². The minimum absolute atomic E-state index is 0.0110. The maximum atomic E-state index is 13.1. The molecule has 1 N–H and O–H groups in total. The van der Waals surface area contributed by atoms with Crippen molar-refractivity contribution in [1.82, 2.24) is 10.2 Å². The van der Waals surface area contributed by atoms with Gasteiger partial charge in [-0.25, -0.2) is 8.78 Å². The van der Waals surface area contributed by atoms with Gasteiger partial charge in [-0.2, -0.15) is 0 Å². The number of halogens is 2. The minimum Gasteiger partial charge on any atom is -0.481 e. The van der Waals surface area contributed by atoms with Crippen LogP contribution in [0.5, 0.6) is 0 Å². The van der Waals surface area contributed by atoms with Gasteiger partial charge in [0.25, 0.3) is 0 Å². The summed E-state index contributed by atoms with van der Waals surface area (Å²) in [4.78, 5) is 10.6. The van der Waals surface area contributed by atoms with Gasteiger partial charge in [0.15, 0.2) is 11.6 Å². The Morgan fingerprint density at radius 1 is 1.35 bits per heavy atom. The van der Waals surface area contributed by atoms with Gasteiger partial charge in [-0.05, 0) is 24.1 Å². The average Bonchev–Trinajstić information content (AvgIpc) is 2.80. The van der Waals surface area contributed by atoms with Gasteiger partial charge in [0.1, 0.15) is 0 Å². The number of benzene rings is 1. The molecule has 0 aliphatic carbocycles. The standard InChI is InChI=1S/C13H12F2N2O3/c1-7(5-12(18)19)4-11-16-17-13(20-11)8-2-3-9(14)10(15)6-8/h2-3,6-7H,4-5H2,1H3,(H,18,19). The number of carboxylic acids is 1. The fraction of sp³-hybridized carbons (Fsp3) is 0.308. The molecule has 0 spiro atoms. The molecule has 0 fully saturated rings. The first-order chi connectivity index (χ1) is 9.45. The highest BCUT2D eigenvalue weighted by Gasteiger charge is 2.15. The highest BCUT2D eigenvalue weighted by atomic mass is 19.2. The second kappa shape index (κ2) is 5.77. The molecular formula is C13H12F2N2O3. The van der Waals surface area contributed by atoms with Gasteiger partial charge in [0.05, 0.1) is 0 Å². The van der Waals surface area contributed by atoms with Crippen LogP contribution < -0.4 is 0 Å². The van der Waals surface area contributed by atoms with E-state index in [0.29, 0.717) is 6.42 Å². The number of hydrogen-bond acceptors (Lipinski definition) is 4. The van der Waals surface area contributed by atoms with Crippen molar-refractivity contribution in [2.75, 3.05) is 0 Å². The Hall–Kier alpha value is -2.31. The van der Waals surface area contributed by atoms with E-state index in [2.05, 4.69) is 10.2 Å². The molecule has 5 nitrogen and oxygen atoms in total. The lowest BCUT2D eigenvalue weighted by atomic mass is 10.0. The summed E-state index contributed by atoms with van der Waals surface area (Å²) in [5.41, 5.74) is 0.272. The molecule has 1 unspecified atom stereocenters. The summed E-state index contributed by atoms with van der Waals surface area (Å²) in [6.07, 6.45) is 0.297. The van der Waals surface area contributed by atoms with Crippen LogP contribution in [0.1, 0.15) is 19.2 Å². The van der Waals surface area contributed by atoms with Crippen molar-refractivity contribution in [3.8, 4) is 11.5 Å². The van der Waals surface area contributed by atoms with Gasteiger partial charge in [0.2, 0.25) is 11.8 Å². The maximum absolute atomic E-state index is 13.1. The first-order valence-corrected chi connectivity index (χ1v) is 5.95. The van der Waals surface area contributed by atoms with E-state index in [1.54, 1.807) is 6.92 Å². The van der Waals surface area contributed by atoms with Crippen molar-refractivity contribution in [2.24, 2.45) is 5.92 Å². The van der Waals surface area contributed by atoms with Crippen molar-refractivity contribution in [3.05, 3.63) is 35.7 Å². The Bertz CT molecular complexity index is 628. The molecule has 0 saturated heterocycles. The summed E-state index contributed by atoms with van der Waals surface area (Å²) in [7, 11) is 0. The van der Waals surface area contributed by atoms with E-state index in [4.69, 9.17) is 9.52 Å². The average molecular weight is 282 g/mol. The van der Waals surface area contributed by atoms with Crippen LogP contribution in [0.15, 0.2) is 22.6 Å². The van der Waals surface area contributed by atoms with Crippen molar-refractivity contribution in [2.45, 2.75) is 19.8 Å². The highest BCUT2D eigenvalue weighted by molar-refractivity contribution is 5.66. The fourth-order valence-corrected chi connectivity index (χ4v) is 1.75. The van der Waals surface area contributed by atoms with Gasteiger partial charge in [-0.3, -0.25) is 4.79 Å². The van der Waals surface area contributed by atoms with E-state index in [-0.39, 0.29) is 29.7 Å². The lowest BCUT2D eigenvalue weighted by molar-refractivity contribution is -0.137. The zero-order valence-corrected chi connectivity index (χ0v) is 10.6. The third-order valence-corrected chi connectivity index (χ3v) is 2.68. The summed E-state index contributed by atoms with van der Waals surface area (Å²) in [5, 5.41) is 16.2. The maximum Gasteiger partial charge on any atom is 0.303 e. The first-order valence-electron chi connectivity index (χ1n) is 5.95. The van der Waals surface area contributed by atoms with Gasteiger partial charge < -0.3 is 9.52 Å². The Labute approximate surface area is 113 Å². The van der Waals surface area contributed by atoms with Crippen LogP contribution in [-0.2, 0) is 11.2 Å². The first kappa shape index (κ1) is 14.1. The smallest absolute Gasteiger partial charge is 0.303 e. The van der Waals surface area contributed by atoms with E-state index >= 15 is 0 Å². The van der Waals surface area contributed by atoms with E-state index in [1.165, 1.54) is 6.07 Å². The topological polar surface area (TPSA) is 76.2 Å². The van der Waals surface area contributed by atoms with Gasteiger partial charge in [-0.15, -0.1) is 10.2 Å². The summed E-state index contributed by atoms with van der Waals surface area (Å²) in [5.74, 6) is -2.69. The molecule has 1 aromatic heterocycles. The lowest BCUT2D eigenvalue weighted by Gasteiger charge is -2.03. The molecule has 20 heavy (non-hydrogen) atoms. The number of carbonyl (C=O) groups is 1. The highest BCUT2D eigenvalue weighted by Crippen LogP contribution is 2.21.